The zero-order chi connectivity index (χ0) is 24.6. The van der Waals surface area contributed by atoms with Gasteiger partial charge >= 0.3 is 0 Å². The first-order valence-electron chi connectivity index (χ1n) is 10.7. The first kappa shape index (κ1) is 22.5. The van der Waals surface area contributed by atoms with Crippen molar-refractivity contribution < 1.29 is 18.0 Å². The van der Waals surface area contributed by atoms with Gasteiger partial charge in [0.15, 0.2) is 10.8 Å². The molecule has 3 aromatic heterocycles. The molecule has 0 saturated carbocycles. The number of amides is 1. The maximum atomic E-state index is 13.3. The van der Waals surface area contributed by atoms with Gasteiger partial charge in [0.2, 0.25) is 5.91 Å². The number of hydrogen-bond donors (Lipinski definition) is 4. The molecule has 178 valence electrons. The van der Waals surface area contributed by atoms with E-state index in [-0.39, 0.29) is 29.8 Å². The number of aromatic amines is 2. The lowest BCUT2D eigenvalue weighted by atomic mass is 10.0. The number of rotatable bonds is 6. The lowest BCUT2D eigenvalue weighted by molar-refractivity contribution is -0.114. The van der Waals surface area contributed by atoms with Crippen LogP contribution in [0.5, 0.6) is 0 Å². The molecular formula is C23H21N7O4S. The maximum Gasteiger partial charge on any atom is 0.260 e. The maximum absolute atomic E-state index is 13.3. The minimum Gasteiger partial charge on any atom is -0.355 e. The molecular weight excluding hydrogens is 470 g/mol. The number of Topliss-reactive ketones (excluding diaryl/α,β-unsaturated/α-hetero) is 1. The van der Waals surface area contributed by atoms with Crippen LogP contribution in [0.15, 0.2) is 66.2 Å². The lowest BCUT2D eigenvalue weighted by Crippen LogP contribution is -2.39. The van der Waals surface area contributed by atoms with Crippen molar-refractivity contribution in [1.82, 2.24) is 24.2 Å². The van der Waals surface area contributed by atoms with E-state index in [1.807, 2.05) is 30.3 Å². The Bertz CT molecular complexity index is 1510. The fourth-order valence-corrected chi connectivity index (χ4v) is 5.25. The number of carbonyl (C=O) groups excluding carboxylic acids is 2. The SMILES string of the molecule is CC(=O)Nc1cc(-c2[nH]c3c(c2Nc2ccccc2)C(=O)CN(S(=O)(=O)c2cnc[nH]2)C3)ccn1. The van der Waals surface area contributed by atoms with E-state index < -0.39 is 10.0 Å². The molecule has 1 aliphatic rings. The molecule has 0 atom stereocenters. The molecule has 5 rings (SSSR count). The van der Waals surface area contributed by atoms with Crippen molar-refractivity contribution in [3.8, 4) is 11.3 Å². The number of nitrogens with zero attached hydrogens (tertiary/aromatic N) is 3. The second-order valence-electron chi connectivity index (χ2n) is 7.94. The monoisotopic (exact) mass is 491 g/mol. The van der Waals surface area contributed by atoms with Gasteiger partial charge in [0.05, 0.1) is 42.6 Å². The standard InChI is InChI=1S/C23H21N7O4S/c1-14(31)27-19-9-15(7-8-25-19)22-23(28-16-5-3-2-4-6-16)21-17(29-22)11-30(12-18(21)32)35(33,34)20-10-24-13-26-20/h2-10,13,28-29H,11-12H2,1H3,(H,24,26)(H,25,27,31). The fraction of sp³-hybridized carbons (Fsp3) is 0.130. The highest BCUT2D eigenvalue weighted by Crippen LogP contribution is 2.39. The molecule has 0 aliphatic carbocycles. The molecule has 0 spiro atoms. The minimum absolute atomic E-state index is 0.0322. The van der Waals surface area contributed by atoms with Crippen LogP contribution in [0.4, 0.5) is 17.2 Å². The van der Waals surface area contributed by atoms with Crippen LogP contribution in [0.2, 0.25) is 0 Å². The van der Waals surface area contributed by atoms with Gasteiger partial charge in [0, 0.05) is 30.1 Å². The summed E-state index contributed by atoms with van der Waals surface area (Å²) in [7, 11) is -3.95. The van der Waals surface area contributed by atoms with Gasteiger partial charge in [-0.2, -0.15) is 4.31 Å². The average Bonchev–Trinajstić information content (AvgIpc) is 3.49. The molecule has 0 radical (unpaired) electrons. The molecule has 12 heteroatoms. The van der Waals surface area contributed by atoms with E-state index in [1.54, 1.807) is 18.3 Å². The zero-order valence-electron chi connectivity index (χ0n) is 18.6. The molecule has 0 saturated heterocycles. The van der Waals surface area contributed by atoms with Gasteiger partial charge in [0.1, 0.15) is 5.82 Å². The van der Waals surface area contributed by atoms with Crippen LogP contribution in [-0.4, -0.2) is 50.9 Å². The Morgan fingerprint density at radius 3 is 2.66 bits per heavy atom. The van der Waals surface area contributed by atoms with Crippen LogP contribution in [-0.2, 0) is 21.4 Å². The molecule has 4 aromatic rings. The zero-order valence-corrected chi connectivity index (χ0v) is 19.4. The largest absolute Gasteiger partial charge is 0.355 e. The first-order chi connectivity index (χ1) is 16.8. The second-order valence-corrected chi connectivity index (χ2v) is 9.85. The van der Waals surface area contributed by atoms with E-state index in [0.717, 1.165) is 9.99 Å². The summed E-state index contributed by atoms with van der Waals surface area (Å²) in [5.41, 5.74) is 3.35. The highest BCUT2D eigenvalue weighted by Gasteiger charge is 2.37. The smallest absolute Gasteiger partial charge is 0.260 e. The number of nitrogens with one attached hydrogen (secondary N) is 4. The Balaban J connectivity index is 1.61. The number of anilines is 3. The van der Waals surface area contributed by atoms with Gasteiger partial charge in [-0.25, -0.2) is 18.4 Å². The van der Waals surface area contributed by atoms with Crippen LogP contribution < -0.4 is 10.6 Å². The third-order valence-corrected chi connectivity index (χ3v) is 7.21. The lowest BCUT2D eigenvalue weighted by Gasteiger charge is -2.25. The van der Waals surface area contributed by atoms with E-state index in [9.17, 15) is 18.0 Å². The summed E-state index contributed by atoms with van der Waals surface area (Å²) in [4.78, 5) is 38.6. The Labute approximate surface area is 200 Å². The van der Waals surface area contributed by atoms with E-state index in [1.165, 1.54) is 19.4 Å². The van der Waals surface area contributed by atoms with Gasteiger partial charge in [-0.3, -0.25) is 9.59 Å². The predicted molar refractivity (Wildman–Crippen MR) is 129 cm³/mol. The number of imidazole rings is 1. The van der Waals surface area contributed by atoms with E-state index in [0.29, 0.717) is 34.0 Å². The first-order valence-corrected chi connectivity index (χ1v) is 12.1. The molecule has 35 heavy (non-hydrogen) atoms. The number of carbonyl (C=O) groups is 2. The van der Waals surface area contributed by atoms with Crippen molar-refractivity contribution in [1.29, 1.82) is 0 Å². The number of H-pyrrole nitrogens is 2. The number of sulfonamides is 1. The summed E-state index contributed by atoms with van der Waals surface area (Å²) in [6.07, 6.45) is 4.02. The van der Waals surface area contributed by atoms with Gasteiger partial charge in [-0.1, -0.05) is 18.2 Å². The molecule has 4 N–H and O–H groups in total. The van der Waals surface area contributed by atoms with Crippen LogP contribution in [0.3, 0.4) is 0 Å². The topological polar surface area (TPSA) is 153 Å². The van der Waals surface area contributed by atoms with E-state index >= 15 is 0 Å². The fourth-order valence-electron chi connectivity index (χ4n) is 3.98. The van der Waals surface area contributed by atoms with Crippen molar-refractivity contribution in [2.75, 3.05) is 17.2 Å². The number of para-hydroxylation sites is 1. The Morgan fingerprint density at radius 1 is 1.14 bits per heavy atom. The molecule has 4 heterocycles. The average molecular weight is 492 g/mol. The second kappa shape index (κ2) is 8.81. The van der Waals surface area contributed by atoms with Crippen molar-refractivity contribution >= 4 is 38.9 Å². The summed E-state index contributed by atoms with van der Waals surface area (Å²) in [6.45, 7) is 1.04. The number of benzene rings is 1. The van der Waals surface area contributed by atoms with Gasteiger partial charge < -0.3 is 20.6 Å². The van der Waals surface area contributed by atoms with Crippen LogP contribution in [0, 0.1) is 0 Å². The Kier molecular flexibility index (Phi) is 5.67. The van der Waals surface area contributed by atoms with Crippen molar-refractivity contribution in [2.45, 2.75) is 18.5 Å². The van der Waals surface area contributed by atoms with E-state index in [4.69, 9.17) is 0 Å². The summed E-state index contributed by atoms with van der Waals surface area (Å²) in [5, 5.41) is 5.87. The molecule has 0 bridgehead atoms. The number of hydrogen-bond acceptors (Lipinski definition) is 7. The predicted octanol–water partition coefficient (Wildman–Crippen LogP) is 2.89. The third kappa shape index (κ3) is 4.32. The van der Waals surface area contributed by atoms with Gasteiger partial charge in [-0.15, -0.1) is 0 Å². The summed E-state index contributed by atoms with van der Waals surface area (Å²) < 4.78 is 27.2. The minimum atomic E-state index is -3.95. The van der Waals surface area contributed by atoms with Crippen LogP contribution in [0.25, 0.3) is 11.3 Å². The third-order valence-electron chi connectivity index (χ3n) is 5.50. The molecule has 1 aromatic carbocycles. The highest BCUT2D eigenvalue weighted by atomic mass is 32.2. The van der Waals surface area contributed by atoms with Crippen molar-refractivity contribution in [3.05, 3.63) is 72.4 Å². The number of ketones is 1. The molecule has 1 amide bonds. The van der Waals surface area contributed by atoms with Gasteiger partial charge in [-0.05, 0) is 24.3 Å². The highest BCUT2D eigenvalue weighted by molar-refractivity contribution is 7.89. The molecule has 11 nitrogen and oxygen atoms in total. The normalized spacial score (nSPS) is 13.9. The van der Waals surface area contributed by atoms with Crippen molar-refractivity contribution in [2.24, 2.45) is 0 Å². The Morgan fingerprint density at radius 2 is 1.94 bits per heavy atom. The molecule has 0 unspecified atom stereocenters. The van der Waals surface area contributed by atoms with E-state index in [2.05, 4.69) is 30.6 Å². The quantitative estimate of drug-likeness (QED) is 0.323. The van der Waals surface area contributed by atoms with Crippen LogP contribution in [0.1, 0.15) is 23.0 Å². The summed E-state index contributed by atoms with van der Waals surface area (Å²) in [6, 6.07) is 12.7. The number of pyridine rings is 1. The number of aromatic nitrogens is 4. The molecule has 1 aliphatic heterocycles. The Hall–Kier alpha value is -4.29. The summed E-state index contributed by atoms with van der Waals surface area (Å²) >= 11 is 0. The number of fused-ring (bicyclic) bond motifs is 1. The van der Waals surface area contributed by atoms with Crippen molar-refractivity contribution in [3.63, 3.8) is 0 Å². The van der Waals surface area contributed by atoms with Gasteiger partial charge in [0.25, 0.3) is 10.0 Å². The molecule has 0 fully saturated rings. The summed E-state index contributed by atoms with van der Waals surface area (Å²) in [5.74, 6) is -0.271. The van der Waals surface area contributed by atoms with Crippen LogP contribution >= 0.6 is 0 Å².